The quantitative estimate of drug-likeness (QED) is 0.478. The first-order valence-corrected chi connectivity index (χ1v) is 2.87. The van der Waals surface area contributed by atoms with Gasteiger partial charge in [-0.3, -0.25) is 9.59 Å². The zero-order valence-corrected chi connectivity index (χ0v) is 5.26. The smallest absolute Gasteiger partial charge is 0.219 e. The van der Waals surface area contributed by atoms with Gasteiger partial charge in [0.15, 0.2) is 0 Å². The summed E-state index contributed by atoms with van der Waals surface area (Å²) in [5, 5.41) is 0. The number of carbonyl (C=O) groups is 1. The number of rotatable bonds is 1. The molecule has 0 aromatic carbocycles. The van der Waals surface area contributed by atoms with E-state index in [0.717, 1.165) is 0 Å². The summed E-state index contributed by atoms with van der Waals surface area (Å²) in [4.78, 5) is 22.0. The average molecular weight is 126 g/mol. The molecular weight excluding hydrogens is 118 g/mol. The average Bonchev–Trinajstić information content (AvgIpc) is 1.61. The molecule has 1 fully saturated rings. The molecule has 0 spiro atoms. The third kappa shape index (κ3) is 1.09. The standard InChI is InChI=1S/C6H8NO2/c1-5(9)7-2-6(3-7)4-8/h6H,2-3H2,1H3. The molecule has 0 unspecified atom stereocenters. The van der Waals surface area contributed by atoms with Gasteiger partial charge >= 0.3 is 0 Å². The number of likely N-dealkylation sites (tertiary alicyclic amines) is 1. The second kappa shape index (κ2) is 2.17. The minimum Gasteiger partial charge on any atom is -0.341 e. The highest BCUT2D eigenvalue weighted by Crippen LogP contribution is 2.11. The maximum absolute atomic E-state index is 10.5. The molecule has 1 amide bonds. The summed E-state index contributed by atoms with van der Waals surface area (Å²) < 4.78 is 0. The van der Waals surface area contributed by atoms with E-state index in [9.17, 15) is 9.59 Å². The highest BCUT2D eigenvalue weighted by Gasteiger charge is 2.28. The lowest BCUT2D eigenvalue weighted by molar-refractivity contribution is -0.133. The van der Waals surface area contributed by atoms with Crippen molar-refractivity contribution in [2.75, 3.05) is 13.1 Å². The fourth-order valence-electron chi connectivity index (χ4n) is 0.810. The van der Waals surface area contributed by atoms with Crippen LogP contribution in [0.3, 0.4) is 0 Å². The van der Waals surface area contributed by atoms with Gasteiger partial charge in [0.05, 0.1) is 5.92 Å². The Morgan fingerprint density at radius 2 is 2.22 bits per heavy atom. The van der Waals surface area contributed by atoms with Crippen molar-refractivity contribution in [1.82, 2.24) is 4.90 Å². The summed E-state index contributed by atoms with van der Waals surface area (Å²) in [6, 6.07) is 0. The highest BCUT2D eigenvalue weighted by atomic mass is 16.2. The first-order chi connectivity index (χ1) is 4.24. The molecule has 0 saturated carbocycles. The lowest BCUT2D eigenvalue weighted by atomic mass is 10.0. The zero-order chi connectivity index (χ0) is 6.85. The second-order valence-electron chi connectivity index (χ2n) is 2.24. The number of hydrogen-bond acceptors (Lipinski definition) is 2. The lowest BCUT2D eigenvalue weighted by Crippen LogP contribution is -2.49. The van der Waals surface area contributed by atoms with Gasteiger partial charge in [0.25, 0.3) is 0 Å². The molecule has 1 aliphatic rings. The van der Waals surface area contributed by atoms with Crippen LogP contribution in [0.4, 0.5) is 0 Å². The van der Waals surface area contributed by atoms with Crippen molar-refractivity contribution < 1.29 is 9.59 Å². The van der Waals surface area contributed by atoms with Gasteiger partial charge in [-0.15, -0.1) is 0 Å². The summed E-state index contributed by atoms with van der Waals surface area (Å²) in [6.07, 6.45) is 1.84. The molecule has 1 saturated heterocycles. The molecule has 0 aromatic rings. The third-order valence-corrected chi connectivity index (χ3v) is 1.49. The highest BCUT2D eigenvalue weighted by molar-refractivity contribution is 5.76. The van der Waals surface area contributed by atoms with E-state index in [1.165, 1.54) is 6.92 Å². The van der Waals surface area contributed by atoms with Gasteiger partial charge < -0.3 is 4.90 Å². The van der Waals surface area contributed by atoms with Crippen LogP contribution in [0.25, 0.3) is 0 Å². The Morgan fingerprint density at radius 1 is 1.67 bits per heavy atom. The molecule has 1 rings (SSSR count). The molecule has 0 aromatic heterocycles. The van der Waals surface area contributed by atoms with Crippen molar-refractivity contribution in [2.24, 2.45) is 5.92 Å². The number of carbonyl (C=O) groups excluding carboxylic acids is 2. The normalized spacial score (nSPS) is 19.0. The Morgan fingerprint density at radius 3 is 2.56 bits per heavy atom. The van der Waals surface area contributed by atoms with Crippen LogP contribution in [-0.4, -0.2) is 30.2 Å². The first kappa shape index (κ1) is 6.26. The van der Waals surface area contributed by atoms with Crippen molar-refractivity contribution in [2.45, 2.75) is 6.92 Å². The van der Waals surface area contributed by atoms with Gasteiger partial charge in [0.1, 0.15) is 0 Å². The van der Waals surface area contributed by atoms with E-state index in [2.05, 4.69) is 0 Å². The molecule has 0 atom stereocenters. The van der Waals surface area contributed by atoms with Crippen molar-refractivity contribution >= 4 is 12.2 Å². The minimum atomic E-state index is -0.0195. The van der Waals surface area contributed by atoms with Gasteiger partial charge in [0, 0.05) is 20.0 Å². The van der Waals surface area contributed by atoms with Crippen LogP contribution in [-0.2, 0) is 9.59 Å². The van der Waals surface area contributed by atoms with E-state index in [1.807, 2.05) is 6.29 Å². The molecule has 49 valence electrons. The molecule has 1 radical (unpaired) electrons. The predicted molar refractivity (Wildman–Crippen MR) is 31.4 cm³/mol. The Hall–Kier alpha value is -0.860. The van der Waals surface area contributed by atoms with Crippen LogP contribution in [0, 0.1) is 5.92 Å². The number of hydrogen-bond donors (Lipinski definition) is 0. The van der Waals surface area contributed by atoms with Crippen LogP contribution in [0.1, 0.15) is 6.92 Å². The summed E-state index contributed by atoms with van der Waals surface area (Å²) in [5.41, 5.74) is 0. The van der Waals surface area contributed by atoms with Crippen LogP contribution in [0.5, 0.6) is 0 Å². The topological polar surface area (TPSA) is 37.4 Å². The Kier molecular flexibility index (Phi) is 1.51. The van der Waals surface area contributed by atoms with Crippen LogP contribution >= 0.6 is 0 Å². The fraction of sp³-hybridized carbons (Fsp3) is 0.667. The maximum Gasteiger partial charge on any atom is 0.219 e. The molecule has 0 aliphatic carbocycles. The van der Waals surface area contributed by atoms with E-state index in [4.69, 9.17) is 0 Å². The van der Waals surface area contributed by atoms with Gasteiger partial charge in [-0.1, -0.05) is 0 Å². The maximum atomic E-state index is 10.5. The number of nitrogens with zero attached hydrogens (tertiary/aromatic N) is 1. The van der Waals surface area contributed by atoms with Gasteiger partial charge in [-0.2, -0.15) is 0 Å². The van der Waals surface area contributed by atoms with Gasteiger partial charge in [-0.05, 0) is 0 Å². The molecule has 3 nitrogen and oxygen atoms in total. The van der Waals surface area contributed by atoms with E-state index >= 15 is 0 Å². The predicted octanol–water partition coefficient (Wildman–Crippen LogP) is -0.426. The van der Waals surface area contributed by atoms with Crippen molar-refractivity contribution in [3.8, 4) is 0 Å². The van der Waals surface area contributed by atoms with Crippen LogP contribution in [0.15, 0.2) is 0 Å². The molecule has 3 heteroatoms. The molecule has 0 N–H and O–H groups in total. The minimum absolute atomic E-state index is 0.0195. The molecule has 9 heavy (non-hydrogen) atoms. The van der Waals surface area contributed by atoms with E-state index in [1.54, 1.807) is 4.90 Å². The molecular formula is C6H8NO2. The van der Waals surface area contributed by atoms with Crippen molar-refractivity contribution in [3.63, 3.8) is 0 Å². The summed E-state index contributed by atoms with van der Waals surface area (Å²) >= 11 is 0. The summed E-state index contributed by atoms with van der Waals surface area (Å²) in [5.74, 6) is 0.0235. The Bertz CT molecular complexity index is 138. The molecule has 1 aliphatic heterocycles. The Balaban J connectivity index is 2.26. The van der Waals surface area contributed by atoms with Gasteiger partial charge in [-0.25, -0.2) is 0 Å². The SMILES string of the molecule is CC(=O)N1CC([C]=O)C1. The van der Waals surface area contributed by atoms with E-state index < -0.39 is 0 Å². The summed E-state index contributed by atoms with van der Waals surface area (Å²) in [7, 11) is 0. The molecule has 0 bridgehead atoms. The fourth-order valence-corrected chi connectivity index (χ4v) is 0.810. The Labute approximate surface area is 53.6 Å². The third-order valence-electron chi connectivity index (χ3n) is 1.49. The van der Waals surface area contributed by atoms with Crippen molar-refractivity contribution in [3.05, 3.63) is 0 Å². The van der Waals surface area contributed by atoms with E-state index in [-0.39, 0.29) is 11.8 Å². The van der Waals surface area contributed by atoms with E-state index in [0.29, 0.717) is 13.1 Å². The second-order valence-corrected chi connectivity index (χ2v) is 2.24. The first-order valence-electron chi connectivity index (χ1n) is 2.87. The summed E-state index contributed by atoms with van der Waals surface area (Å²) in [6.45, 7) is 2.64. The van der Waals surface area contributed by atoms with Gasteiger partial charge in [0.2, 0.25) is 12.2 Å². The van der Waals surface area contributed by atoms with Crippen LogP contribution in [0.2, 0.25) is 0 Å². The lowest BCUT2D eigenvalue weighted by Gasteiger charge is -2.34. The zero-order valence-electron chi connectivity index (χ0n) is 5.26. The molecule has 1 heterocycles. The monoisotopic (exact) mass is 126 g/mol. The van der Waals surface area contributed by atoms with Crippen molar-refractivity contribution in [1.29, 1.82) is 0 Å². The largest absolute Gasteiger partial charge is 0.341 e. The van der Waals surface area contributed by atoms with Crippen LogP contribution < -0.4 is 0 Å². The number of amides is 1.